The molecule has 1 amide bonds. The van der Waals surface area contributed by atoms with Gasteiger partial charge in [0.15, 0.2) is 17.3 Å². The van der Waals surface area contributed by atoms with Crippen LogP contribution in [0.3, 0.4) is 0 Å². The number of para-hydroxylation sites is 1. The maximum Gasteiger partial charge on any atom is 0.274 e. The first-order valence-electron chi connectivity index (χ1n) is 8.72. The third kappa shape index (κ3) is 4.22. The number of rotatable bonds is 6. The summed E-state index contributed by atoms with van der Waals surface area (Å²) in [5.41, 5.74) is 1.07. The number of carbonyl (C=O) groups is 1. The van der Waals surface area contributed by atoms with Crippen molar-refractivity contribution in [3.63, 3.8) is 0 Å². The number of H-pyrrole nitrogens is 1. The molecule has 0 saturated carbocycles. The van der Waals surface area contributed by atoms with Crippen LogP contribution in [0.15, 0.2) is 30.3 Å². The number of hydrogen-bond donors (Lipinski definition) is 1. The second kappa shape index (κ2) is 7.45. The van der Waals surface area contributed by atoms with Gasteiger partial charge in [-0.05, 0) is 43.6 Å². The fourth-order valence-corrected chi connectivity index (χ4v) is 3.50. The van der Waals surface area contributed by atoms with E-state index in [-0.39, 0.29) is 23.7 Å². The summed E-state index contributed by atoms with van der Waals surface area (Å²) in [6.07, 6.45) is 1.07. The molecule has 2 heterocycles. The number of hydrogen-bond acceptors (Lipinski definition) is 4. The van der Waals surface area contributed by atoms with Crippen molar-refractivity contribution in [3.05, 3.63) is 47.5 Å². The van der Waals surface area contributed by atoms with E-state index in [1.165, 1.54) is 6.07 Å². The predicted octanol–water partition coefficient (Wildman–Crippen LogP) is 2.54. The molecule has 2 aromatic rings. The van der Waals surface area contributed by atoms with Crippen molar-refractivity contribution in [3.8, 4) is 5.75 Å². The van der Waals surface area contributed by atoms with Gasteiger partial charge in [-0.25, -0.2) is 4.39 Å². The molecular formula is C19H25FN4O2. The van der Waals surface area contributed by atoms with Crippen LogP contribution in [-0.2, 0) is 6.61 Å². The molecule has 1 atom stereocenters. The number of ether oxygens (including phenoxy) is 1. The zero-order valence-corrected chi connectivity index (χ0v) is 15.5. The van der Waals surface area contributed by atoms with E-state index in [0.717, 1.165) is 19.5 Å². The highest BCUT2D eigenvalue weighted by molar-refractivity contribution is 5.92. The summed E-state index contributed by atoms with van der Waals surface area (Å²) in [7, 11) is 3.90. The lowest BCUT2D eigenvalue weighted by Gasteiger charge is -2.29. The lowest BCUT2D eigenvalue weighted by atomic mass is 9.89. The zero-order chi connectivity index (χ0) is 18.7. The normalized spacial score (nSPS) is 20.3. The molecule has 7 heteroatoms. The molecular weight excluding hydrogens is 335 g/mol. The SMILES string of the molecule is CN1CC[C@](C)(CN(C)C(=O)c2cc(COc3ccccc3F)[nH]n2)C1. The zero-order valence-electron chi connectivity index (χ0n) is 15.5. The first kappa shape index (κ1) is 18.4. The van der Waals surface area contributed by atoms with E-state index in [1.54, 1.807) is 36.2 Å². The van der Waals surface area contributed by atoms with Crippen molar-refractivity contribution in [2.45, 2.75) is 20.0 Å². The molecule has 0 unspecified atom stereocenters. The van der Waals surface area contributed by atoms with E-state index in [2.05, 4.69) is 29.1 Å². The van der Waals surface area contributed by atoms with Gasteiger partial charge in [-0.3, -0.25) is 9.89 Å². The molecule has 0 bridgehead atoms. The molecule has 0 spiro atoms. The molecule has 1 aromatic carbocycles. The summed E-state index contributed by atoms with van der Waals surface area (Å²) in [4.78, 5) is 16.6. The van der Waals surface area contributed by atoms with Gasteiger partial charge in [-0.15, -0.1) is 0 Å². The molecule has 1 saturated heterocycles. The van der Waals surface area contributed by atoms with E-state index in [0.29, 0.717) is 17.9 Å². The summed E-state index contributed by atoms with van der Waals surface area (Å²) in [6.45, 7) is 5.04. The minimum absolute atomic E-state index is 0.103. The highest BCUT2D eigenvalue weighted by atomic mass is 19.1. The topological polar surface area (TPSA) is 61.5 Å². The van der Waals surface area contributed by atoms with Gasteiger partial charge in [0.1, 0.15) is 6.61 Å². The van der Waals surface area contributed by atoms with Gasteiger partial charge in [0.05, 0.1) is 5.69 Å². The monoisotopic (exact) mass is 360 g/mol. The minimum atomic E-state index is -0.419. The number of amides is 1. The summed E-state index contributed by atoms with van der Waals surface area (Å²) >= 11 is 0. The molecule has 0 radical (unpaired) electrons. The van der Waals surface area contributed by atoms with Gasteiger partial charge < -0.3 is 14.5 Å². The number of aromatic amines is 1. The Kier molecular flexibility index (Phi) is 5.27. The Balaban J connectivity index is 1.58. The molecule has 140 valence electrons. The van der Waals surface area contributed by atoms with Crippen LogP contribution in [0.5, 0.6) is 5.75 Å². The van der Waals surface area contributed by atoms with Gasteiger partial charge in [0, 0.05) is 20.1 Å². The first-order chi connectivity index (χ1) is 12.4. The van der Waals surface area contributed by atoms with Crippen LogP contribution in [-0.4, -0.2) is 59.6 Å². The smallest absolute Gasteiger partial charge is 0.274 e. The van der Waals surface area contributed by atoms with Crippen molar-refractivity contribution in [1.82, 2.24) is 20.0 Å². The van der Waals surface area contributed by atoms with Crippen LogP contribution in [0.25, 0.3) is 0 Å². The summed E-state index contributed by atoms with van der Waals surface area (Å²) in [5.74, 6) is -0.377. The van der Waals surface area contributed by atoms with Crippen LogP contribution in [0.1, 0.15) is 29.5 Å². The van der Waals surface area contributed by atoms with Crippen molar-refractivity contribution < 1.29 is 13.9 Å². The van der Waals surface area contributed by atoms with Crippen molar-refractivity contribution >= 4 is 5.91 Å². The fourth-order valence-electron chi connectivity index (χ4n) is 3.50. The number of nitrogens with one attached hydrogen (secondary N) is 1. The van der Waals surface area contributed by atoms with Gasteiger partial charge in [-0.2, -0.15) is 5.10 Å². The molecule has 6 nitrogen and oxygen atoms in total. The summed E-state index contributed by atoms with van der Waals surface area (Å²) < 4.78 is 19.0. The van der Waals surface area contributed by atoms with Gasteiger partial charge >= 0.3 is 0 Å². The molecule has 1 aliphatic heterocycles. The van der Waals surface area contributed by atoms with E-state index < -0.39 is 5.82 Å². The maximum absolute atomic E-state index is 13.6. The molecule has 1 N–H and O–H groups in total. The average molecular weight is 360 g/mol. The third-order valence-electron chi connectivity index (χ3n) is 4.78. The molecule has 0 aliphatic carbocycles. The van der Waals surface area contributed by atoms with Gasteiger partial charge in [0.25, 0.3) is 5.91 Å². The first-order valence-corrected chi connectivity index (χ1v) is 8.72. The predicted molar refractivity (Wildman–Crippen MR) is 96.5 cm³/mol. The van der Waals surface area contributed by atoms with Crippen LogP contribution in [0.4, 0.5) is 4.39 Å². The Bertz CT molecular complexity index is 778. The van der Waals surface area contributed by atoms with Crippen molar-refractivity contribution in [1.29, 1.82) is 0 Å². The number of halogens is 1. The van der Waals surface area contributed by atoms with Crippen molar-refractivity contribution in [2.24, 2.45) is 5.41 Å². The fraction of sp³-hybridized carbons (Fsp3) is 0.474. The summed E-state index contributed by atoms with van der Waals surface area (Å²) in [5, 5.41) is 6.87. The van der Waals surface area contributed by atoms with Crippen LogP contribution in [0.2, 0.25) is 0 Å². The second-order valence-electron chi connectivity index (χ2n) is 7.46. The number of aromatic nitrogens is 2. The average Bonchev–Trinajstić information content (AvgIpc) is 3.20. The standard InChI is InChI=1S/C19H25FN4O2/c1-19(8-9-23(2)12-19)13-24(3)18(25)16-10-14(21-22-16)11-26-17-7-5-4-6-15(17)20/h4-7,10H,8-9,11-13H2,1-3H3,(H,21,22)/t19-/m0/s1. The number of nitrogens with zero attached hydrogens (tertiary/aromatic N) is 3. The molecule has 1 aromatic heterocycles. The number of benzene rings is 1. The Morgan fingerprint density at radius 1 is 1.46 bits per heavy atom. The molecule has 1 aliphatic rings. The Morgan fingerprint density at radius 3 is 2.92 bits per heavy atom. The van der Waals surface area contributed by atoms with Crippen LogP contribution < -0.4 is 4.74 Å². The highest BCUT2D eigenvalue weighted by Gasteiger charge is 2.34. The number of likely N-dealkylation sites (tertiary alicyclic amines) is 1. The largest absolute Gasteiger partial charge is 0.484 e. The Morgan fingerprint density at radius 2 is 2.23 bits per heavy atom. The van der Waals surface area contributed by atoms with Gasteiger partial charge in [-0.1, -0.05) is 19.1 Å². The van der Waals surface area contributed by atoms with E-state index in [4.69, 9.17) is 4.74 Å². The third-order valence-corrected chi connectivity index (χ3v) is 4.78. The Labute approximate surface area is 152 Å². The molecule has 3 rings (SSSR count). The lowest BCUT2D eigenvalue weighted by Crippen LogP contribution is -2.38. The second-order valence-corrected chi connectivity index (χ2v) is 7.46. The van der Waals surface area contributed by atoms with Crippen LogP contribution >= 0.6 is 0 Å². The minimum Gasteiger partial charge on any atom is -0.484 e. The van der Waals surface area contributed by atoms with E-state index >= 15 is 0 Å². The molecule has 1 fully saturated rings. The maximum atomic E-state index is 13.6. The van der Waals surface area contributed by atoms with E-state index in [1.807, 2.05) is 0 Å². The Hall–Kier alpha value is -2.41. The lowest BCUT2D eigenvalue weighted by molar-refractivity contribution is 0.0724. The van der Waals surface area contributed by atoms with Crippen molar-refractivity contribution in [2.75, 3.05) is 33.7 Å². The quantitative estimate of drug-likeness (QED) is 0.860. The summed E-state index contributed by atoms with van der Waals surface area (Å²) in [6, 6.07) is 7.87. The van der Waals surface area contributed by atoms with Gasteiger partial charge in [0.2, 0.25) is 0 Å². The van der Waals surface area contributed by atoms with E-state index in [9.17, 15) is 9.18 Å². The molecule has 26 heavy (non-hydrogen) atoms. The van der Waals surface area contributed by atoms with Crippen LogP contribution in [0, 0.1) is 11.2 Å². The number of carbonyl (C=O) groups excluding carboxylic acids is 1. The highest BCUT2D eigenvalue weighted by Crippen LogP contribution is 2.29.